The number of nitrogens with one attached hydrogen (secondary N) is 2. The van der Waals surface area contributed by atoms with Crippen LogP contribution in [0.25, 0.3) is 0 Å². The van der Waals surface area contributed by atoms with Crippen LogP contribution >= 0.6 is 22.9 Å². The molecule has 2 amide bonds. The van der Waals surface area contributed by atoms with Crippen molar-refractivity contribution in [1.82, 2.24) is 4.98 Å². The minimum atomic E-state index is -0.276. The molecule has 1 aliphatic carbocycles. The molecule has 2 aromatic heterocycles. The highest BCUT2D eigenvalue weighted by Crippen LogP contribution is 2.40. The van der Waals surface area contributed by atoms with Crippen molar-refractivity contribution in [3.63, 3.8) is 0 Å². The monoisotopic (exact) mass is 425 g/mol. The largest absolute Gasteiger partial charge is 0.322 e. The first kappa shape index (κ1) is 19.6. The molecule has 29 heavy (non-hydrogen) atoms. The maximum atomic E-state index is 13.2. The summed E-state index contributed by atoms with van der Waals surface area (Å²) < 4.78 is 0. The molecule has 3 aromatic rings. The maximum absolute atomic E-state index is 13.2. The number of pyridine rings is 1. The second-order valence-corrected chi connectivity index (χ2v) is 8.76. The van der Waals surface area contributed by atoms with Gasteiger partial charge < -0.3 is 10.6 Å². The Hall–Kier alpha value is -2.70. The highest BCUT2D eigenvalue weighted by Gasteiger charge is 2.28. The number of fused-ring (bicyclic) bond motifs is 1. The van der Waals surface area contributed by atoms with E-state index in [1.54, 1.807) is 42.6 Å². The lowest BCUT2D eigenvalue weighted by atomic mass is 9.88. The Morgan fingerprint density at radius 3 is 2.79 bits per heavy atom. The van der Waals surface area contributed by atoms with Crippen LogP contribution in [0.3, 0.4) is 0 Å². The zero-order chi connectivity index (χ0) is 20.4. The lowest BCUT2D eigenvalue weighted by molar-refractivity contribution is 0.102. The van der Waals surface area contributed by atoms with E-state index in [1.807, 2.05) is 0 Å². The minimum absolute atomic E-state index is 0.235. The SMILES string of the molecule is C[C@H]1CCc2c(sc(NC(=O)c3cccnc3)c2C(=O)Nc2cccc(Cl)c2)C1. The van der Waals surface area contributed by atoms with E-state index in [1.165, 1.54) is 22.4 Å². The number of thiophene rings is 1. The van der Waals surface area contributed by atoms with Gasteiger partial charge in [-0.15, -0.1) is 11.3 Å². The van der Waals surface area contributed by atoms with Gasteiger partial charge in [-0.05, 0) is 61.1 Å². The summed E-state index contributed by atoms with van der Waals surface area (Å²) in [6, 6.07) is 10.4. The first-order valence-corrected chi connectivity index (χ1v) is 10.6. The van der Waals surface area contributed by atoms with Gasteiger partial charge in [0.15, 0.2) is 0 Å². The van der Waals surface area contributed by atoms with Gasteiger partial charge in [-0.3, -0.25) is 14.6 Å². The predicted octanol–water partition coefficient (Wildman–Crippen LogP) is 5.43. The fraction of sp³-hybridized carbons (Fsp3) is 0.227. The molecule has 0 aliphatic heterocycles. The summed E-state index contributed by atoms with van der Waals surface area (Å²) in [5.41, 5.74) is 2.66. The Balaban J connectivity index is 1.67. The quantitative estimate of drug-likeness (QED) is 0.585. The third-order valence-corrected chi connectivity index (χ3v) is 6.38. The van der Waals surface area contributed by atoms with Crippen molar-refractivity contribution >= 4 is 45.4 Å². The molecule has 0 fully saturated rings. The number of benzene rings is 1. The molecule has 1 aromatic carbocycles. The van der Waals surface area contributed by atoms with Crippen LogP contribution in [0.2, 0.25) is 5.02 Å². The Morgan fingerprint density at radius 1 is 1.17 bits per heavy atom. The van der Waals surface area contributed by atoms with E-state index in [2.05, 4.69) is 22.5 Å². The van der Waals surface area contributed by atoms with Crippen LogP contribution in [-0.4, -0.2) is 16.8 Å². The molecule has 2 N–H and O–H groups in total. The molecule has 7 heteroatoms. The Morgan fingerprint density at radius 2 is 2.03 bits per heavy atom. The van der Waals surface area contributed by atoms with Gasteiger partial charge in [-0.1, -0.05) is 24.6 Å². The number of rotatable bonds is 4. The standard InChI is InChI=1S/C22H20ClN3O2S/c1-13-7-8-17-18(10-13)29-22(26-20(27)14-4-3-9-24-12-14)19(17)21(28)25-16-6-2-5-15(23)11-16/h2-6,9,11-13H,7-8,10H2,1H3,(H,25,28)(H,26,27)/t13-/m0/s1. The zero-order valence-electron chi connectivity index (χ0n) is 15.9. The van der Waals surface area contributed by atoms with Crippen LogP contribution < -0.4 is 10.6 Å². The molecule has 0 radical (unpaired) electrons. The van der Waals surface area contributed by atoms with Gasteiger partial charge in [-0.25, -0.2) is 0 Å². The number of nitrogens with zero attached hydrogens (tertiary/aromatic N) is 1. The van der Waals surface area contributed by atoms with Crippen LogP contribution in [0.15, 0.2) is 48.8 Å². The van der Waals surface area contributed by atoms with Crippen LogP contribution in [0, 0.1) is 5.92 Å². The van der Waals surface area contributed by atoms with Gasteiger partial charge >= 0.3 is 0 Å². The van der Waals surface area contributed by atoms with Gasteiger partial charge in [0.25, 0.3) is 11.8 Å². The van der Waals surface area contributed by atoms with Gasteiger partial charge in [0.1, 0.15) is 5.00 Å². The molecule has 0 saturated carbocycles. The van der Waals surface area contributed by atoms with Crippen LogP contribution in [0.4, 0.5) is 10.7 Å². The van der Waals surface area contributed by atoms with Crippen molar-refractivity contribution in [2.24, 2.45) is 5.92 Å². The van der Waals surface area contributed by atoms with Crippen molar-refractivity contribution in [2.45, 2.75) is 26.2 Å². The molecule has 4 rings (SSSR count). The summed E-state index contributed by atoms with van der Waals surface area (Å²) >= 11 is 7.53. The topological polar surface area (TPSA) is 71.1 Å². The van der Waals surface area contributed by atoms with E-state index in [4.69, 9.17) is 11.6 Å². The van der Waals surface area contributed by atoms with Crippen LogP contribution in [0.1, 0.15) is 44.5 Å². The van der Waals surface area contributed by atoms with Crippen molar-refractivity contribution in [2.75, 3.05) is 10.6 Å². The first-order chi connectivity index (χ1) is 14.0. The van der Waals surface area contributed by atoms with Gasteiger partial charge in [0.05, 0.1) is 11.1 Å². The van der Waals surface area contributed by atoms with E-state index in [0.717, 1.165) is 24.8 Å². The fourth-order valence-electron chi connectivity index (χ4n) is 3.51. The minimum Gasteiger partial charge on any atom is -0.322 e. The average molecular weight is 426 g/mol. The van der Waals surface area contributed by atoms with E-state index in [9.17, 15) is 9.59 Å². The van der Waals surface area contributed by atoms with Crippen molar-refractivity contribution < 1.29 is 9.59 Å². The molecule has 1 atom stereocenters. The van der Waals surface area contributed by atoms with Gasteiger partial charge in [0, 0.05) is 28.0 Å². The van der Waals surface area contributed by atoms with Gasteiger partial charge in [-0.2, -0.15) is 0 Å². The first-order valence-electron chi connectivity index (χ1n) is 9.44. The lowest BCUT2D eigenvalue weighted by Crippen LogP contribution is -2.19. The fourth-order valence-corrected chi connectivity index (χ4v) is 5.10. The Bertz CT molecular complexity index is 1070. The number of carbonyl (C=O) groups excluding carboxylic acids is 2. The predicted molar refractivity (Wildman–Crippen MR) is 117 cm³/mol. The molecule has 148 valence electrons. The number of aromatic nitrogens is 1. The molecule has 1 aliphatic rings. The summed E-state index contributed by atoms with van der Waals surface area (Å²) in [6.07, 6.45) is 5.90. The highest BCUT2D eigenvalue weighted by atomic mass is 35.5. The molecular formula is C22H20ClN3O2S. The Labute approximate surface area is 178 Å². The molecule has 5 nitrogen and oxygen atoms in total. The Kier molecular flexibility index (Phi) is 5.65. The van der Waals surface area contributed by atoms with E-state index < -0.39 is 0 Å². The van der Waals surface area contributed by atoms with E-state index in [0.29, 0.717) is 32.8 Å². The maximum Gasteiger partial charge on any atom is 0.258 e. The third kappa shape index (κ3) is 4.33. The van der Waals surface area contributed by atoms with Gasteiger partial charge in [0.2, 0.25) is 0 Å². The van der Waals surface area contributed by atoms with Crippen molar-refractivity contribution in [3.05, 3.63) is 75.4 Å². The molecule has 0 unspecified atom stereocenters. The molecular weight excluding hydrogens is 406 g/mol. The number of amides is 2. The van der Waals surface area contributed by atoms with E-state index in [-0.39, 0.29) is 11.8 Å². The number of carbonyl (C=O) groups is 2. The van der Waals surface area contributed by atoms with E-state index >= 15 is 0 Å². The van der Waals surface area contributed by atoms with Crippen molar-refractivity contribution in [1.29, 1.82) is 0 Å². The number of hydrogen-bond acceptors (Lipinski definition) is 4. The summed E-state index contributed by atoms with van der Waals surface area (Å²) in [5, 5.41) is 6.98. The smallest absolute Gasteiger partial charge is 0.258 e. The molecule has 0 saturated heterocycles. The normalized spacial score (nSPS) is 15.4. The van der Waals surface area contributed by atoms with Crippen LogP contribution in [0.5, 0.6) is 0 Å². The second kappa shape index (κ2) is 8.35. The molecule has 0 bridgehead atoms. The van der Waals surface area contributed by atoms with Crippen molar-refractivity contribution in [3.8, 4) is 0 Å². The number of anilines is 2. The zero-order valence-corrected chi connectivity index (χ0v) is 17.4. The number of halogens is 1. The second-order valence-electron chi connectivity index (χ2n) is 7.22. The molecule has 0 spiro atoms. The van der Waals surface area contributed by atoms with Crippen LogP contribution in [-0.2, 0) is 12.8 Å². The molecule has 2 heterocycles. The lowest BCUT2D eigenvalue weighted by Gasteiger charge is -2.18. The summed E-state index contributed by atoms with van der Waals surface area (Å²) in [5.74, 6) is 0.0502. The average Bonchev–Trinajstić information content (AvgIpc) is 3.05. The third-order valence-electron chi connectivity index (χ3n) is 4.97. The summed E-state index contributed by atoms with van der Waals surface area (Å²) in [6.45, 7) is 2.21. The highest BCUT2D eigenvalue weighted by molar-refractivity contribution is 7.17. The summed E-state index contributed by atoms with van der Waals surface area (Å²) in [7, 11) is 0. The number of hydrogen-bond donors (Lipinski definition) is 2. The summed E-state index contributed by atoms with van der Waals surface area (Å²) in [4.78, 5) is 31.0.